The second-order valence-electron chi connectivity index (χ2n) is 7.29. The van der Waals surface area contributed by atoms with Gasteiger partial charge in [-0.15, -0.1) is 5.10 Å². The number of hydrogen-bond acceptors (Lipinski definition) is 6. The minimum Gasteiger partial charge on any atom is -0.497 e. The number of methoxy groups -OCH3 is 1. The molecule has 8 heteroatoms. The average Bonchev–Trinajstić information content (AvgIpc) is 3.28. The molecule has 7 nitrogen and oxygen atoms in total. The Hall–Kier alpha value is -3.65. The maximum atomic E-state index is 13.4. The Kier molecular flexibility index (Phi) is 6.51. The monoisotopic (exact) mass is 445 g/mol. The number of anilines is 1. The summed E-state index contributed by atoms with van der Waals surface area (Å²) in [4.78, 5) is 13.4. The summed E-state index contributed by atoms with van der Waals surface area (Å²) in [7, 11) is 1.62. The Morgan fingerprint density at radius 1 is 1.03 bits per heavy atom. The van der Waals surface area contributed by atoms with Crippen LogP contribution in [-0.4, -0.2) is 33.2 Å². The maximum Gasteiger partial charge on any atom is 0.242 e. The third kappa shape index (κ3) is 4.81. The highest BCUT2D eigenvalue weighted by molar-refractivity contribution is 8.00. The Morgan fingerprint density at radius 2 is 1.78 bits per heavy atom. The van der Waals surface area contributed by atoms with Gasteiger partial charge in [-0.2, -0.15) is 4.68 Å². The van der Waals surface area contributed by atoms with E-state index in [0.29, 0.717) is 5.16 Å². The van der Waals surface area contributed by atoms with Crippen LogP contribution in [0.5, 0.6) is 5.75 Å². The largest absolute Gasteiger partial charge is 0.497 e. The number of tetrazole rings is 1. The van der Waals surface area contributed by atoms with Crippen molar-refractivity contribution in [2.24, 2.45) is 0 Å². The molecule has 0 bridgehead atoms. The van der Waals surface area contributed by atoms with Crippen molar-refractivity contribution in [3.63, 3.8) is 0 Å². The Morgan fingerprint density at radius 3 is 2.50 bits per heavy atom. The predicted molar refractivity (Wildman–Crippen MR) is 125 cm³/mol. The van der Waals surface area contributed by atoms with E-state index in [1.165, 1.54) is 11.8 Å². The van der Waals surface area contributed by atoms with E-state index in [0.717, 1.165) is 33.8 Å². The van der Waals surface area contributed by atoms with Crippen molar-refractivity contribution in [3.8, 4) is 11.4 Å². The van der Waals surface area contributed by atoms with Crippen LogP contribution in [0.15, 0.2) is 78.0 Å². The van der Waals surface area contributed by atoms with Crippen LogP contribution in [0.2, 0.25) is 0 Å². The van der Waals surface area contributed by atoms with Gasteiger partial charge in [0.1, 0.15) is 11.0 Å². The van der Waals surface area contributed by atoms with Crippen molar-refractivity contribution >= 4 is 23.4 Å². The molecule has 0 aliphatic rings. The molecule has 1 atom stereocenters. The van der Waals surface area contributed by atoms with Gasteiger partial charge in [-0.1, -0.05) is 54.2 Å². The molecule has 32 heavy (non-hydrogen) atoms. The molecule has 0 spiro atoms. The van der Waals surface area contributed by atoms with Crippen molar-refractivity contribution < 1.29 is 9.53 Å². The van der Waals surface area contributed by atoms with E-state index in [-0.39, 0.29) is 5.91 Å². The Bertz CT molecular complexity index is 1210. The van der Waals surface area contributed by atoms with Crippen LogP contribution in [0, 0.1) is 13.8 Å². The first-order valence-electron chi connectivity index (χ1n) is 10.1. The van der Waals surface area contributed by atoms with Crippen molar-refractivity contribution in [1.29, 1.82) is 0 Å². The number of nitrogens with one attached hydrogen (secondary N) is 1. The molecule has 0 radical (unpaired) electrons. The third-order valence-electron chi connectivity index (χ3n) is 4.97. The first kappa shape index (κ1) is 21.6. The van der Waals surface area contributed by atoms with E-state index < -0.39 is 5.25 Å². The second-order valence-corrected chi connectivity index (χ2v) is 8.36. The number of carbonyl (C=O) groups is 1. The minimum absolute atomic E-state index is 0.140. The molecule has 4 aromatic rings. The first-order valence-corrected chi connectivity index (χ1v) is 11.0. The van der Waals surface area contributed by atoms with Crippen LogP contribution in [0.1, 0.15) is 21.9 Å². The molecular weight excluding hydrogens is 422 g/mol. The molecular formula is C24H23N5O2S. The number of aryl methyl sites for hydroxylation is 2. The Labute approximate surface area is 190 Å². The molecule has 1 amide bonds. The molecule has 0 aliphatic carbocycles. The van der Waals surface area contributed by atoms with E-state index in [1.54, 1.807) is 11.8 Å². The second kappa shape index (κ2) is 9.65. The summed E-state index contributed by atoms with van der Waals surface area (Å²) in [5, 5.41) is 15.2. The Balaban J connectivity index is 1.65. The smallest absolute Gasteiger partial charge is 0.242 e. The van der Waals surface area contributed by atoms with E-state index >= 15 is 0 Å². The predicted octanol–water partition coefficient (Wildman–Crippen LogP) is 4.76. The molecule has 1 heterocycles. The topological polar surface area (TPSA) is 81.9 Å². The zero-order valence-corrected chi connectivity index (χ0v) is 18.8. The molecule has 162 valence electrons. The lowest BCUT2D eigenvalue weighted by atomic mass is 10.1. The highest BCUT2D eigenvalue weighted by Gasteiger charge is 2.26. The number of benzene rings is 3. The van der Waals surface area contributed by atoms with Crippen LogP contribution in [0.25, 0.3) is 5.69 Å². The molecule has 3 aromatic carbocycles. The SMILES string of the molecule is COc1ccc(-n2nnnc2S[C@H](C(=O)Nc2cc(C)ccc2C)c2ccccc2)cc1. The van der Waals surface area contributed by atoms with Gasteiger partial charge in [0.25, 0.3) is 0 Å². The summed E-state index contributed by atoms with van der Waals surface area (Å²) >= 11 is 1.30. The van der Waals surface area contributed by atoms with Gasteiger partial charge in [0.2, 0.25) is 11.1 Å². The molecule has 0 saturated heterocycles. The molecule has 0 unspecified atom stereocenters. The molecule has 1 aromatic heterocycles. The van der Waals surface area contributed by atoms with Crippen molar-refractivity contribution in [2.45, 2.75) is 24.3 Å². The standard InChI is InChI=1S/C24H23N5O2S/c1-16-9-10-17(2)21(15-16)25-23(30)22(18-7-5-4-6-8-18)32-24-26-27-28-29(24)19-11-13-20(31-3)14-12-19/h4-15,22H,1-3H3,(H,25,30)/t22-/m0/s1. The first-order chi connectivity index (χ1) is 15.5. The van der Waals surface area contributed by atoms with Gasteiger partial charge in [0.05, 0.1) is 12.8 Å². The van der Waals surface area contributed by atoms with Crippen LogP contribution in [0.4, 0.5) is 5.69 Å². The molecule has 0 saturated carbocycles. The van der Waals surface area contributed by atoms with Crippen LogP contribution in [0.3, 0.4) is 0 Å². The van der Waals surface area contributed by atoms with Gasteiger partial charge in [0.15, 0.2) is 0 Å². The molecule has 0 aliphatic heterocycles. The fourth-order valence-electron chi connectivity index (χ4n) is 3.21. The number of hydrogen-bond donors (Lipinski definition) is 1. The zero-order valence-electron chi connectivity index (χ0n) is 18.0. The lowest BCUT2D eigenvalue weighted by Gasteiger charge is -2.18. The van der Waals surface area contributed by atoms with Gasteiger partial charge in [-0.05, 0) is 71.3 Å². The van der Waals surface area contributed by atoms with E-state index in [1.807, 2.05) is 86.6 Å². The van der Waals surface area contributed by atoms with Crippen molar-refractivity contribution in [1.82, 2.24) is 20.2 Å². The lowest BCUT2D eigenvalue weighted by Crippen LogP contribution is -2.20. The highest BCUT2D eigenvalue weighted by atomic mass is 32.2. The summed E-state index contributed by atoms with van der Waals surface area (Å²) in [6, 6.07) is 23.0. The number of rotatable bonds is 7. The third-order valence-corrected chi connectivity index (χ3v) is 6.16. The van der Waals surface area contributed by atoms with Gasteiger partial charge in [-0.25, -0.2) is 0 Å². The summed E-state index contributed by atoms with van der Waals surface area (Å²) in [6.07, 6.45) is 0. The molecule has 4 rings (SSSR count). The van der Waals surface area contributed by atoms with Crippen LogP contribution in [-0.2, 0) is 4.79 Å². The summed E-state index contributed by atoms with van der Waals surface area (Å²) in [5.74, 6) is 0.602. The van der Waals surface area contributed by atoms with Crippen molar-refractivity contribution in [3.05, 3.63) is 89.5 Å². The normalized spacial score (nSPS) is 11.7. The van der Waals surface area contributed by atoms with Gasteiger partial charge < -0.3 is 10.1 Å². The number of nitrogens with zero attached hydrogens (tertiary/aromatic N) is 4. The quantitative estimate of drug-likeness (QED) is 0.413. The average molecular weight is 446 g/mol. The fourth-order valence-corrected chi connectivity index (χ4v) is 4.21. The summed E-state index contributed by atoms with van der Waals surface area (Å²) in [5.41, 5.74) is 4.53. The van der Waals surface area contributed by atoms with Crippen LogP contribution < -0.4 is 10.1 Å². The van der Waals surface area contributed by atoms with Gasteiger partial charge >= 0.3 is 0 Å². The molecule has 0 fully saturated rings. The maximum absolute atomic E-state index is 13.4. The number of amides is 1. The minimum atomic E-state index is -0.542. The van der Waals surface area contributed by atoms with Crippen LogP contribution >= 0.6 is 11.8 Å². The highest BCUT2D eigenvalue weighted by Crippen LogP contribution is 2.36. The number of ether oxygens (including phenoxy) is 1. The zero-order chi connectivity index (χ0) is 22.5. The number of thioether (sulfide) groups is 1. The molecule has 1 N–H and O–H groups in total. The summed E-state index contributed by atoms with van der Waals surface area (Å²) in [6.45, 7) is 3.98. The van der Waals surface area contributed by atoms with E-state index in [9.17, 15) is 4.79 Å². The van der Waals surface area contributed by atoms with Gasteiger partial charge in [0, 0.05) is 5.69 Å². The van der Waals surface area contributed by atoms with E-state index in [2.05, 4.69) is 20.8 Å². The lowest BCUT2D eigenvalue weighted by molar-refractivity contribution is -0.115. The summed E-state index contributed by atoms with van der Waals surface area (Å²) < 4.78 is 6.84. The van der Waals surface area contributed by atoms with E-state index in [4.69, 9.17) is 4.74 Å². The van der Waals surface area contributed by atoms with Crippen molar-refractivity contribution in [2.75, 3.05) is 12.4 Å². The number of aromatic nitrogens is 4. The fraction of sp³-hybridized carbons (Fsp3) is 0.167. The van der Waals surface area contributed by atoms with Gasteiger partial charge in [-0.3, -0.25) is 4.79 Å². The number of carbonyl (C=O) groups excluding carboxylic acids is 1.